The van der Waals surface area contributed by atoms with Gasteiger partial charge in [0.15, 0.2) is 0 Å². The number of benzene rings is 2. The standard InChI is InChI=1S/C21H13ClFNO2S/c22-15-7-5-14(6-8-15)18-17-2-1-11-24-20(17)27-19(18)21(25)26-12-13-3-9-16(23)10-4-13/h1-11H,12H2. The first kappa shape index (κ1) is 17.6. The maximum atomic E-state index is 13.0. The molecule has 0 amide bonds. The van der Waals surface area contributed by atoms with Crippen molar-refractivity contribution >= 4 is 39.1 Å². The van der Waals surface area contributed by atoms with Gasteiger partial charge in [-0.05, 0) is 47.5 Å². The molecule has 0 aliphatic rings. The van der Waals surface area contributed by atoms with Crippen molar-refractivity contribution in [2.45, 2.75) is 6.61 Å². The lowest BCUT2D eigenvalue weighted by molar-refractivity contribution is 0.0479. The van der Waals surface area contributed by atoms with Crippen molar-refractivity contribution in [3.8, 4) is 11.1 Å². The molecule has 0 saturated carbocycles. The number of rotatable bonds is 4. The molecule has 0 atom stereocenters. The van der Waals surface area contributed by atoms with Gasteiger partial charge < -0.3 is 4.74 Å². The highest BCUT2D eigenvalue weighted by Crippen LogP contribution is 2.38. The lowest BCUT2D eigenvalue weighted by Gasteiger charge is -2.07. The molecule has 134 valence electrons. The minimum absolute atomic E-state index is 0.0703. The van der Waals surface area contributed by atoms with E-state index < -0.39 is 5.97 Å². The van der Waals surface area contributed by atoms with Crippen LogP contribution in [0.25, 0.3) is 21.3 Å². The fourth-order valence-electron chi connectivity index (χ4n) is 2.77. The highest BCUT2D eigenvalue weighted by molar-refractivity contribution is 7.21. The Morgan fingerprint density at radius 2 is 1.81 bits per heavy atom. The van der Waals surface area contributed by atoms with Crippen LogP contribution in [0.4, 0.5) is 4.39 Å². The number of halogens is 2. The van der Waals surface area contributed by atoms with E-state index in [0.29, 0.717) is 9.90 Å². The van der Waals surface area contributed by atoms with Crippen molar-refractivity contribution in [1.82, 2.24) is 4.98 Å². The van der Waals surface area contributed by atoms with E-state index in [4.69, 9.17) is 16.3 Å². The summed E-state index contributed by atoms with van der Waals surface area (Å²) in [5, 5.41) is 1.51. The highest BCUT2D eigenvalue weighted by Gasteiger charge is 2.21. The maximum absolute atomic E-state index is 13.0. The summed E-state index contributed by atoms with van der Waals surface area (Å²) in [6.45, 7) is 0.0703. The van der Waals surface area contributed by atoms with Gasteiger partial charge in [-0.1, -0.05) is 35.9 Å². The van der Waals surface area contributed by atoms with Crippen LogP contribution >= 0.6 is 22.9 Å². The molecule has 0 aliphatic carbocycles. The number of aromatic nitrogens is 1. The third-order valence-corrected chi connectivity index (χ3v) is 5.41. The number of ether oxygens (including phenoxy) is 1. The Balaban J connectivity index is 1.70. The van der Waals surface area contributed by atoms with Crippen LogP contribution in [-0.4, -0.2) is 11.0 Å². The number of hydrogen-bond donors (Lipinski definition) is 0. The molecule has 2 aromatic carbocycles. The zero-order valence-electron chi connectivity index (χ0n) is 14.0. The van der Waals surface area contributed by atoms with Crippen LogP contribution in [0.2, 0.25) is 5.02 Å². The number of carbonyl (C=O) groups is 1. The van der Waals surface area contributed by atoms with Crippen LogP contribution in [0.15, 0.2) is 66.9 Å². The normalized spacial score (nSPS) is 10.9. The van der Waals surface area contributed by atoms with Crippen LogP contribution in [0.1, 0.15) is 15.2 Å². The molecular formula is C21H13ClFNO2S. The molecule has 0 radical (unpaired) electrons. The first-order chi connectivity index (χ1) is 13.1. The highest BCUT2D eigenvalue weighted by atomic mass is 35.5. The molecule has 4 aromatic rings. The van der Waals surface area contributed by atoms with Gasteiger partial charge in [-0.15, -0.1) is 11.3 Å². The van der Waals surface area contributed by atoms with E-state index in [9.17, 15) is 9.18 Å². The monoisotopic (exact) mass is 397 g/mol. The molecule has 0 fully saturated rings. The van der Waals surface area contributed by atoms with Gasteiger partial charge in [-0.3, -0.25) is 0 Å². The quantitative estimate of drug-likeness (QED) is 0.390. The first-order valence-electron chi connectivity index (χ1n) is 8.17. The Bertz CT molecular complexity index is 1110. The number of hydrogen-bond acceptors (Lipinski definition) is 4. The van der Waals surface area contributed by atoms with Crippen molar-refractivity contribution < 1.29 is 13.9 Å². The van der Waals surface area contributed by atoms with Crippen LogP contribution in [0, 0.1) is 5.82 Å². The molecule has 0 N–H and O–H groups in total. The summed E-state index contributed by atoms with van der Waals surface area (Å²) in [5.74, 6) is -0.766. The van der Waals surface area contributed by atoms with Gasteiger partial charge in [0.2, 0.25) is 0 Å². The van der Waals surface area contributed by atoms with Gasteiger partial charge in [0.05, 0.1) is 0 Å². The minimum atomic E-state index is -0.438. The van der Waals surface area contributed by atoms with E-state index in [2.05, 4.69) is 4.98 Å². The number of pyridine rings is 1. The Kier molecular flexibility index (Phi) is 4.88. The van der Waals surface area contributed by atoms with Crippen molar-refractivity contribution in [1.29, 1.82) is 0 Å². The van der Waals surface area contributed by atoms with Gasteiger partial charge in [-0.2, -0.15) is 0 Å². The van der Waals surface area contributed by atoms with E-state index in [1.165, 1.54) is 23.5 Å². The zero-order valence-corrected chi connectivity index (χ0v) is 15.6. The van der Waals surface area contributed by atoms with Crippen LogP contribution in [0.5, 0.6) is 0 Å². The summed E-state index contributed by atoms with van der Waals surface area (Å²) in [5.41, 5.74) is 2.37. The van der Waals surface area contributed by atoms with Crippen molar-refractivity contribution in [3.63, 3.8) is 0 Å². The number of nitrogens with zero attached hydrogens (tertiary/aromatic N) is 1. The topological polar surface area (TPSA) is 39.2 Å². The largest absolute Gasteiger partial charge is 0.457 e. The fourth-order valence-corrected chi connectivity index (χ4v) is 3.96. The smallest absolute Gasteiger partial charge is 0.349 e. The average molecular weight is 398 g/mol. The Morgan fingerprint density at radius 3 is 2.56 bits per heavy atom. The van der Waals surface area contributed by atoms with Crippen LogP contribution in [-0.2, 0) is 11.3 Å². The van der Waals surface area contributed by atoms with Gasteiger partial charge in [0, 0.05) is 22.2 Å². The molecule has 0 bridgehead atoms. The van der Waals surface area contributed by atoms with E-state index in [1.54, 1.807) is 30.5 Å². The summed E-state index contributed by atoms with van der Waals surface area (Å²) in [6, 6.07) is 16.9. The summed E-state index contributed by atoms with van der Waals surface area (Å²) in [4.78, 5) is 18.4. The van der Waals surface area contributed by atoms with E-state index in [0.717, 1.165) is 26.9 Å². The third-order valence-electron chi connectivity index (χ3n) is 4.07. The molecule has 2 heterocycles. The van der Waals surface area contributed by atoms with E-state index >= 15 is 0 Å². The molecule has 0 spiro atoms. The molecular weight excluding hydrogens is 385 g/mol. The molecule has 4 rings (SSSR count). The Morgan fingerprint density at radius 1 is 1.07 bits per heavy atom. The average Bonchev–Trinajstić information content (AvgIpc) is 3.08. The Hall–Kier alpha value is -2.76. The van der Waals surface area contributed by atoms with Crippen LogP contribution < -0.4 is 0 Å². The molecule has 6 heteroatoms. The second-order valence-electron chi connectivity index (χ2n) is 5.87. The molecule has 2 aromatic heterocycles. The summed E-state index contributed by atoms with van der Waals surface area (Å²) in [7, 11) is 0. The predicted octanol–water partition coefficient (Wildman–Crippen LogP) is 6.11. The second kappa shape index (κ2) is 7.47. The van der Waals surface area contributed by atoms with Gasteiger partial charge >= 0.3 is 5.97 Å². The SMILES string of the molecule is O=C(OCc1ccc(F)cc1)c1sc2ncccc2c1-c1ccc(Cl)cc1. The molecule has 0 saturated heterocycles. The van der Waals surface area contributed by atoms with Gasteiger partial charge in [0.25, 0.3) is 0 Å². The summed E-state index contributed by atoms with van der Waals surface area (Å²) in [6.07, 6.45) is 1.69. The van der Waals surface area contributed by atoms with Gasteiger partial charge in [0.1, 0.15) is 22.1 Å². The second-order valence-corrected chi connectivity index (χ2v) is 7.31. The molecule has 3 nitrogen and oxygen atoms in total. The molecule has 0 aliphatic heterocycles. The van der Waals surface area contributed by atoms with Gasteiger partial charge in [-0.25, -0.2) is 14.2 Å². The number of esters is 1. The number of carbonyl (C=O) groups excluding carboxylic acids is 1. The van der Waals surface area contributed by atoms with Crippen molar-refractivity contribution in [2.75, 3.05) is 0 Å². The minimum Gasteiger partial charge on any atom is -0.457 e. The predicted molar refractivity (Wildman–Crippen MR) is 106 cm³/mol. The summed E-state index contributed by atoms with van der Waals surface area (Å²) < 4.78 is 18.5. The van der Waals surface area contributed by atoms with Crippen LogP contribution in [0.3, 0.4) is 0 Å². The van der Waals surface area contributed by atoms with Crippen molar-refractivity contribution in [3.05, 3.63) is 88.1 Å². The first-order valence-corrected chi connectivity index (χ1v) is 9.36. The lowest BCUT2D eigenvalue weighted by atomic mass is 10.0. The fraction of sp³-hybridized carbons (Fsp3) is 0.0476. The van der Waals surface area contributed by atoms with E-state index in [-0.39, 0.29) is 12.4 Å². The molecule has 27 heavy (non-hydrogen) atoms. The Labute approximate surface area is 164 Å². The summed E-state index contributed by atoms with van der Waals surface area (Å²) >= 11 is 7.28. The third kappa shape index (κ3) is 3.70. The number of thiophene rings is 1. The molecule has 0 unspecified atom stereocenters. The van der Waals surface area contributed by atoms with E-state index in [1.807, 2.05) is 24.3 Å². The maximum Gasteiger partial charge on any atom is 0.349 e. The zero-order chi connectivity index (χ0) is 18.8. The van der Waals surface area contributed by atoms with Crippen molar-refractivity contribution in [2.24, 2.45) is 0 Å². The lowest BCUT2D eigenvalue weighted by Crippen LogP contribution is -2.04. The number of fused-ring (bicyclic) bond motifs is 1.